The van der Waals surface area contributed by atoms with Crippen molar-refractivity contribution in [2.45, 2.75) is 19.4 Å². The number of ketones is 1. The number of rotatable bonds is 5. The highest BCUT2D eigenvalue weighted by Gasteiger charge is 2.25. The lowest BCUT2D eigenvalue weighted by atomic mass is 10.1. The van der Waals surface area contributed by atoms with Gasteiger partial charge < -0.3 is 4.90 Å². The first-order valence-corrected chi connectivity index (χ1v) is 9.35. The van der Waals surface area contributed by atoms with Gasteiger partial charge in [-0.15, -0.1) is 0 Å². The monoisotopic (exact) mass is 358 g/mol. The molecule has 0 radical (unpaired) electrons. The van der Waals surface area contributed by atoms with Crippen molar-refractivity contribution >= 4 is 40.0 Å². The summed E-state index contributed by atoms with van der Waals surface area (Å²) in [6.45, 7) is 2.41. The highest BCUT2D eigenvalue weighted by Crippen LogP contribution is 2.28. The number of benzene rings is 2. The molecule has 1 unspecified atom stereocenters. The third kappa shape index (κ3) is 4.00. The molecule has 1 aliphatic rings. The first-order chi connectivity index (χ1) is 11.7. The number of nitrogens with zero attached hydrogens (tertiary/aromatic N) is 2. The van der Waals surface area contributed by atoms with Gasteiger partial charge in [-0.25, -0.2) is 0 Å². The smallest absolute Gasteiger partial charge is 0.182 e. The van der Waals surface area contributed by atoms with Gasteiger partial charge in [0, 0.05) is 22.0 Å². The summed E-state index contributed by atoms with van der Waals surface area (Å²) < 4.78 is 0. The third-order valence-electron chi connectivity index (χ3n) is 3.94. The van der Waals surface area contributed by atoms with Crippen molar-refractivity contribution in [1.29, 1.82) is 0 Å². The summed E-state index contributed by atoms with van der Waals surface area (Å²) in [4.78, 5) is 19.4. The lowest BCUT2D eigenvalue weighted by molar-refractivity contribution is 0.100. The average molecular weight is 359 g/mol. The summed E-state index contributed by atoms with van der Waals surface area (Å²) in [6.07, 6.45) is 1.01. The first-order valence-electron chi connectivity index (χ1n) is 7.99. The fraction of sp³-hybridized carbons (Fsp3) is 0.263. The Kier molecular flexibility index (Phi) is 5.59. The van der Waals surface area contributed by atoms with E-state index in [-0.39, 0.29) is 12.3 Å². The standard InChI is InChI=1S/C19H19ClN2OS/c1-2-16-13-24-19(21-16)22(17-10-8-15(20)9-11-17)12-18(23)14-6-4-3-5-7-14/h3-11,16H,2,12-13H2,1H3. The van der Waals surface area contributed by atoms with Gasteiger partial charge in [-0.2, -0.15) is 0 Å². The second-order valence-electron chi connectivity index (χ2n) is 5.64. The number of hydrogen-bond acceptors (Lipinski definition) is 4. The molecule has 0 amide bonds. The van der Waals surface area contributed by atoms with E-state index in [0.717, 1.165) is 23.0 Å². The lowest BCUT2D eigenvalue weighted by Gasteiger charge is -2.23. The molecule has 1 atom stereocenters. The van der Waals surface area contributed by atoms with E-state index in [1.807, 2.05) is 59.5 Å². The summed E-state index contributed by atoms with van der Waals surface area (Å²) in [5.41, 5.74) is 1.65. The second kappa shape index (κ2) is 7.86. The minimum atomic E-state index is 0.0776. The number of halogens is 1. The zero-order valence-electron chi connectivity index (χ0n) is 13.5. The van der Waals surface area contributed by atoms with Crippen molar-refractivity contribution in [2.75, 3.05) is 17.2 Å². The van der Waals surface area contributed by atoms with Gasteiger partial charge in [-0.05, 0) is 30.7 Å². The van der Waals surface area contributed by atoms with Crippen molar-refractivity contribution in [3.63, 3.8) is 0 Å². The molecule has 0 bridgehead atoms. The maximum atomic E-state index is 12.7. The molecule has 2 aromatic rings. The molecule has 3 nitrogen and oxygen atoms in total. The summed E-state index contributed by atoms with van der Waals surface area (Å²) in [7, 11) is 0. The number of anilines is 1. The highest BCUT2D eigenvalue weighted by molar-refractivity contribution is 8.14. The summed E-state index contributed by atoms with van der Waals surface area (Å²) in [5, 5.41) is 1.59. The van der Waals surface area contributed by atoms with Crippen LogP contribution in [0.3, 0.4) is 0 Å². The van der Waals surface area contributed by atoms with Crippen LogP contribution in [-0.2, 0) is 0 Å². The number of aliphatic imine (C=N–C) groups is 1. The van der Waals surface area contributed by atoms with E-state index in [2.05, 4.69) is 6.92 Å². The molecule has 24 heavy (non-hydrogen) atoms. The Morgan fingerprint density at radius 2 is 1.92 bits per heavy atom. The SMILES string of the molecule is CCC1CSC(N(CC(=O)c2ccccc2)c2ccc(Cl)cc2)=N1. The van der Waals surface area contributed by atoms with Crippen LogP contribution in [0.1, 0.15) is 23.7 Å². The van der Waals surface area contributed by atoms with Crippen LogP contribution >= 0.6 is 23.4 Å². The van der Waals surface area contributed by atoms with E-state index in [4.69, 9.17) is 16.6 Å². The van der Waals surface area contributed by atoms with E-state index < -0.39 is 0 Å². The largest absolute Gasteiger partial charge is 0.313 e. The third-order valence-corrected chi connectivity index (χ3v) is 5.32. The van der Waals surface area contributed by atoms with Gasteiger partial charge in [-0.1, -0.05) is 60.6 Å². The average Bonchev–Trinajstić information content (AvgIpc) is 3.10. The zero-order valence-corrected chi connectivity index (χ0v) is 15.1. The van der Waals surface area contributed by atoms with Crippen LogP contribution in [0.15, 0.2) is 59.6 Å². The number of hydrogen-bond donors (Lipinski definition) is 0. The van der Waals surface area contributed by atoms with Gasteiger partial charge in [-0.3, -0.25) is 9.79 Å². The number of amidine groups is 1. The Hall–Kier alpha value is -1.78. The van der Waals surface area contributed by atoms with Gasteiger partial charge in [0.25, 0.3) is 0 Å². The minimum Gasteiger partial charge on any atom is -0.313 e. The Bertz CT molecular complexity index is 731. The number of carbonyl (C=O) groups excluding carboxylic acids is 1. The second-order valence-corrected chi connectivity index (χ2v) is 7.06. The molecule has 3 rings (SSSR count). The fourth-order valence-electron chi connectivity index (χ4n) is 2.51. The Labute approximate surface area is 151 Å². The van der Waals surface area contributed by atoms with E-state index >= 15 is 0 Å². The summed E-state index contributed by atoms with van der Waals surface area (Å²) >= 11 is 7.71. The molecule has 1 heterocycles. The predicted octanol–water partition coefficient (Wildman–Crippen LogP) is 4.91. The number of carbonyl (C=O) groups is 1. The van der Waals surface area contributed by atoms with Crippen LogP contribution in [0.25, 0.3) is 0 Å². The summed E-state index contributed by atoms with van der Waals surface area (Å²) in [6, 6.07) is 17.3. The van der Waals surface area contributed by atoms with Crippen LogP contribution in [0.5, 0.6) is 0 Å². The normalized spacial score (nSPS) is 16.8. The molecule has 0 aliphatic carbocycles. The maximum Gasteiger partial charge on any atom is 0.182 e. The molecule has 124 valence electrons. The molecule has 0 spiro atoms. The number of thioether (sulfide) groups is 1. The van der Waals surface area contributed by atoms with Crippen molar-refractivity contribution in [3.8, 4) is 0 Å². The van der Waals surface area contributed by atoms with Crippen molar-refractivity contribution in [3.05, 3.63) is 65.2 Å². The Balaban J connectivity index is 1.87. The van der Waals surface area contributed by atoms with Gasteiger partial charge in [0.15, 0.2) is 11.0 Å². The lowest BCUT2D eigenvalue weighted by Crippen LogP contribution is -2.33. The topological polar surface area (TPSA) is 32.7 Å². The number of Topliss-reactive ketones (excluding diaryl/α,β-unsaturated/α-hetero) is 1. The van der Waals surface area contributed by atoms with E-state index in [9.17, 15) is 4.79 Å². The van der Waals surface area contributed by atoms with Crippen LogP contribution in [-0.4, -0.2) is 29.3 Å². The molecule has 1 aliphatic heterocycles. The van der Waals surface area contributed by atoms with Gasteiger partial charge in [0.05, 0.1) is 12.6 Å². The van der Waals surface area contributed by atoms with Crippen LogP contribution in [0.2, 0.25) is 5.02 Å². The van der Waals surface area contributed by atoms with Crippen LogP contribution in [0.4, 0.5) is 5.69 Å². The highest BCUT2D eigenvalue weighted by atomic mass is 35.5. The van der Waals surface area contributed by atoms with E-state index in [1.165, 1.54) is 0 Å². The molecule has 0 aromatic heterocycles. The van der Waals surface area contributed by atoms with Gasteiger partial charge in [0.2, 0.25) is 0 Å². The molecular formula is C19H19ClN2OS. The molecule has 0 N–H and O–H groups in total. The molecule has 0 saturated heterocycles. The van der Waals surface area contributed by atoms with Crippen molar-refractivity contribution in [2.24, 2.45) is 4.99 Å². The summed E-state index contributed by atoms with van der Waals surface area (Å²) in [5.74, 6) is 1.05. The Morgan fingerprint density at radius 3 is 2.54 bits per heavy atom. The van der Waals surface area contributed by atoms with E-state index in [1.54, 1.807) is 11.8 Å². The predicted molar refractivity (Wildman–Crippen MR) is 104 cm³/mol. The van der Waals surface area contributed by atoms with Crippen LogP contribution in [0, 0.1) is 0 Å². The quantitative estimate of drug-likeness (QED) is 0.712. The van der Waals surface area contributed by atoms with Gasteiger partial charge in [0.1, 0.15) is 0 Å². The zero-order chi connectivity index (χ0) is 16.9. The minimum absolute atomic E-state index is 0.0776. The first kappa shape index (κ1) is 17.1. The van der Waals surface area contributed by atoms with E-state index in [0.29, 0.717) is 16.6 Å². The van der Waals surface area contributed by atoms with Crippen molar-refractivity contribution < 1.29 is 4.79 Å². The molecule has 0 saturated carbocycles. The molecule has 5 heteroatoms. The Morgan fingerprint density at radius 1 is 1.21 bits per heavy atom. The maximum absolute atomic E-state index is 12.7. The van der Waals surface area contributed by atoms with Crippen molar-refractivity contribution in [1.82, 2.24) is 0 Å². The van der Waals surface area contributed by atoms with Gasteiger partial charge >= 0.3 is 0 Å². The molecule has 0 fully saturated rings. The van der Waals surface area contributed by atoms with Crippen LogP contribution < -0.4 is 4.90 Å². The molecule has 2 aromatic carbocycles. The fourth-order valence-corrected chi connectivity index (χ4v) is 3.83. The molecular weight excluding hydrogens is 340 g/mol.